The molecule has 22 heavy (non-hydrogen) atoms. The van der Waals surface area contributed by atoms with Crippen molar-refractivity contribution in [2.24, 2.45) is 0 Å². The topological polar surface area (TPSA) is 70.5 Å². The van der Waals surface area contributed by atoms with Crippen molar-refractivity contribution in [2.75, 3.05) is 19.6 Å². The molecule has 2 saturated heterocycles. The fourth-order valence-electron chi connectivity index (χ4n) is 3.21. The third-order valence-corrected chi connectivity index (χ3v) is 4.55. The van der Waals surface area contributed by atoms with Gasteiger partial charge in [-0.15, -0.1) is 0 Å². The number of piperazine rings is 2. The normalized spacial score (nSPS) is 26.0. The number of rotatable bonds is 3. The number of carbonyl (C=O) groups excluding carboxylic acids is 2. The fourth-order valence-corrected chi connectivity index (χ4v) is 3.21. The molecule has 1 aromatic heterocycles. The molecule has 1 N–H and O–H groups in total. The minimum absolute atomic E-state index is 0.0271. The highest BCUT2D eigenvalue weighted by molar-refractivity contribution is 5.97. The van der Waals surface area contributed by atoms with Gasteiger partial charge in [0, 0.05) is 44.5 Å². The van der Waals surface area contributed by atoms with E-state index in [1.165, 1.54) is 5.56 Å². The molecule has 3 rings (SSSR count). The summed E-state index contributed by atoms with van der Waals surface area (Å²) in [5.74, 6) is -0.0167. The number of fused-ring (bicyclic) bond motifs is 1. The third kappa shape index (κ3) is 2.61. The maximum atomic E-state index is 12.2. The lowest BCUT2D eigenvalue weighted by Gasteiger charge is -2.44. The average Bonchev–Trinajstić information content (AvgIpc) is 2.85. The molecule has 1 aromatic rings. The Morgan fingerprint density at radius 3 is 2.82 bits per heavy atom. The van der Waals surface area contributed by atoms with E-state index in [0.717, 1.165) is 25.3 Å². The van der Waals surface area contributed by atoms with Crippen LogP contribution in [0.25, 0.3) is 0 Å². The first-order valence-corrected chi connectivity index (χ1v) is 7.85. The third-order valence-electron chi connectivity index (χ3n) is 4.55. The molecular formula is C15H23N5O2. The molecular weight excluding hydrogens is 282 g/mol. The number of nitrogens with one attached hydrogen (secondary N) is 1. The second-order valence-electron chi connectivity index (χ2n) is 6.11. The van der Waals surface area contributed by atoms with Crippen molar-refractivity contribution in [2.45, 2.75) is 45.9 Å². The van der Waals surface area contributed by atoms with Gasteiger partial charge in [-0.1, -0.05) is 0 Å². The minimum Gasteiger partial charge on any atom is -0.343 e. The molecule has 0 radical (unpaired) electrons. The molecule has 2 aliphatic heterocycles. The second kappa shape index (κ2) is 5.72. The van der Waals surface area contributed by atoms with Gasteiger partial charge in [-0.2, -0.15) is 5.10 Å². The largest absolute Gasteiger partial charge is 0.343 e. The van der Waals surface area contributed by atoms with E-state index >= 15 is 0 Å². The highest BCUT2D eigenvalue weighted by Gasteiger charge is 2.41. The molecule has 0 unspecified atom stereocenters. The molecule has 7 nitrogen and oxygen atoms in total. The van der Waals surface area contributed by atoms with Crippen LogP contribution in [-0.2, 0) is 22.7 Å². The van der Waals surface area contributed by atoms with Crippen LogP contribution in [0.4, 0.5) is 0 Å². The van der Waals surface area contributed by atoms with E-state index in [9.17, 15) is 9.59 Å². The van der Waals surface area contributed by atoms with Crippen LogP contribution in [0.5, 0.6) is 0 Å². The van der Waals surface area contributed by atoms with Gasteiger partial charge in [0.25, 0.3) is 0 Å². The van der Waals surface area contributed by atoms with Gasteiger partial charge in [0.2, 0.25) is 11.8 Å². The smallest absolute Gasteiger partial charge is 0.245 e. The quantitative estimate of drug-likeness (QED) is 0.835. The van der Waals surface area contributed by atoms with Crippen LogP contribution in [0.3, 0.4) is 0 Å². The van der Waals surface area contributed by atoms with Crippen LogP contribution < -0.4 is 5.32 Å². The van der Waals surface area contributed by atoms with E-state index in [0.29, 0.717) is 13.1 Å². The van der Waals surface area contributed by atoms with Crippen LogP contribution in [0.15, 0.2) is 6.20 Å². The van der Waals surface area contributed by atoms with Crippen molar-refractivity contribution in [3.05, 3.63) is 17.5 Å². The molecule has 0 aliphatic carbocycles. The SMILES string of the molecule is CCn1cc(CN2CCN3C(=O)[C@@H](C)NC(=O)[C@H]3C2)c(C)n1. The minimum atomic E-state index is -0.402. The standard InChI is InChI=1S/C15H23N5O2/c1-4-19-8-12(10(2)17-19)7-18-5-6-20-13(9-18)14(21)16-11(3)15(20)22/h8,11,13H,4-7,9H2,1-3H3,(H,16,21)/t11-,13-/m1/s1. The lowest BCUT2D eigenvalue weighted by molar-refractivity contribution is -0.152. The fraction of sp³-hybridized carbons (Fsp3) is 0.667. The molecule has 2 fully saturated rings. The summed E-state index contributed by atoms with van der Waals surface area (Å²) in [4.78, 5) is 28.3. The van der Waals surface area contributed by atoms with Gasteiger partial charge < -0.3 is 10.2 Å². The summed E-state index contributed by atoms with van der Waals surface area (Å²) in [7, 11) is 0. The molecule has 2 amide bonds. The van der Waals surface area contributed by atoms with Crippen molar-refractivity contribution in [3.63, 3.8) is 0 Å². The zero-order chi connectivity index (χ0) is 15.9. The summed E-state index contributed by atoms with van der Waals surface area (Å²) in [6.45, 7) is 9.43. The van der Waals surface area contributed by atoms with E-state index in [-0.39, 0.29) is 17.9 Å². The number of aryl methyl sites for hydroxylation is 2. The summed E-state index contributed by atoms with van der Waals surface area (Å²) >= 11 is 0. The predicted molar refractivity (Wildman–Crippen MR) is 81.0 cm³/mol. The van der Waals surface area contributed by atoms with Gasteiger partial charge in [0.1, 0.15) is 12.1 Å². The first-order chi connectivity index (χ1) is 10.5. The number of nitrogens with zero attached hydrogens (tertiary/aromatic N) is 4. The van der Waals surface area contributed by atoms with Crippen molar-refractivity contribution in [1.29, 1.82) is 0 Å². The molecule has 0 bridgehead atoms. The van der Waals surface area contributed by atoms with Crippen LogP contribution in [0, 0.1) is 6.92 Å². The summed E-state index contributed by atoms with van der Waals surface area (Å²) in [6.07, 6.45) is 2.07. The van der Waals surface area contributed by atoms with Gasteiger partial charge in [-0.3, -0.25) is 19.2 Å². The molecule has 0 saturated carbocycles. The molecule has 7 heteroatoms. The first-order valence-electron chi connectivity index (χ1n) is 7.85. The zero-order valence-electron chi connectivity index (χ0n) is 13.4. The Morgan fingerprint density at radius 2 is 2.14 bits per heavy atom. The van der Waals surface area contributed by atoms with E-state index in [2.05, 4.69) is 28.4 Å². The Labute approximate surface area is 130 Å². The van der Waals surface area contributed by atoms with E-state index in [1.807, 2.05) is 11.6 Å². The number of amides is 2. The predicted octanol–water partition coefficient (Wildman–Crippen LogP) is -0.257. The Morgan fingerprint density at radius 1 is 1.36 bits per heavy atom. The Balaban J connectivity index is 1.70. The summed E-state index contributed by atoms with van der Waals surface area (Å²) < 4.78 is 1.93. The van der Waals surface area contributed by atoms with Gasteiger partial charge in [-0.05, 0) is 20.8 Å². The first kappa shape index (κ1) is 15.0. The second-order valence-corrected chi connectivity index (χ2v) is 6.11. The van der Waals surface area contributed by atoms with Gasteiger partial charge >= 0.3 is 0 Å². The van der Waals surface area contributed by atoms with Gasteiger partial charge in [-0.25, -0.2) is 0 Å². The van der Waals surface area contributed by atoms with Crippen LogP contribution in [0.2, 0.25) is 0 Å². The Bertz CT molecular complexity index is 597. The van der Waals surface area contributed by atoms with Crippen LogP contribution >= 0.6 is 0 Å². The average molecular weight is 305 g/mol. The number of hydrogen-bond donors (Lipinski definition) is 1. The molecule has 120 valence electrons. The lowest BCUT2D eigenvalue weighted by atomic mass is 10.0. The number of hydrogen-bond acceptors (Lipinski definition) is 4. The van der Waals surface area contributed by atoms with E-state index < -0.39 is 6.04 Å². The zero-order valence-corrected chi connectivity index (χ0v) is 13.4. The van der Waals surface area contributed by atoms with Gasteiger partial charge in [0.15, 0.2) is 0 Å². The Kier molecular flexibility index (Phi) is 3.90. The molecule has 0 aromatic carbocycles. The highest BCUT2D eigenvalue weighted by Crippen LogP contribution is 2.18. The maximum absolute atomic E-state index is 12.2. The summed E-state index contributed by atoms with van der Waals surface area (Å²) in [5, 5.41) is 7.22. The molecule has 2 atom stereocenters. The molecule has 0 spiro atoms. The molecule has 3 heterocycles. The van der Waals surface area contributed by atoms with E-state index in [4.69, 9.17) is 0 Å². The highest BCUT2D eigenvalue weighted by atomic mass is 16.2. The Hall–Kier alpha value is -1.89. The van der Waals surface area contributed by atoms with Crippen LogP contribution in [0.1, 0.15) is 25.1 Å². The number of carbonyl (C=O) groups is 2. The maximum Gasteiger partial charge on any atom is 0.245 e. The van der Waals surface area contributed by atoms with Gasteiger partial charge in [0.05, 0.1) is 5.69 Å². The summed E-state index contributed by atoms with van der Waals surface area (Å²) in [5.41, 5.74) is 2.22. The summed E-state index contributed by atoms with van der Waals surface area (Å²) in [6, 6.07) is -0.765. The van der Waals surface area contributed by atoms with E-state index in [1.54, 1.807) is 11.8 Å². The van der Waals surface area contributed by atoms with Crippen molar-refractivity contribution in [1.82, 2.24) is 24.9 Å². The van der Waals surface area contributed by atoms with Crippen molar-refractivity contribution in [3.8, 4) is 0 Å². The monoisotopic (exact) mass is 305 g/mol. The van der Waals surface area contributed by atoms with Crippen LogP contribution in [-0.4, -0.2) is 63.1 Å². The lowest BCUT2D eigenvalue weighted by Crippen LogP contribution is -2.68. The molecule has 2 aliphatic rings. The number of aromatic nitrogens is 2. The van der Waals surface area contributed by atoms with Crippen molar-refractivity contribution < 1.29 is 9.59 Å². The van der Waals surface area contributed by atoms with Crippen molar-refractivity contribution >= 4 is 11.8 Å².